The molecule has 0 spiro atoms. The van der Waals surface area contributed by atoms with Crippen LogP contribution in [0.15, 0.2) is 41.2 Å². The van der Waals surface area contributed by atoms with Crippen molar-refractivity contribution in [1.29, 1.82) is 0 Å². The van der Waals surface area contributed by atoms with Gasteiger partial charge in [-0.2, -0.15) is 0 Å². The van der Waals surface area contributed by atoms with Crippen LogP contribution < -0.4 is 5.43 Å². The van der Waals surface area contributed by atoms with Gasteiger partial charge in [-0.05, 0) is 36.4 Å². The number of aromatic nitrogens is 1. The van der Waals surface area contributed by atoms with Gasteiger partial charge in [0.1, 0.15) is 17.2 Å². The standard InChI is InChI=1S/C17H10ClF2NO3/c1-21-13-6-8(18)2-4-10(13)16(22)14(17(23)24)15(21)11-7-9(19)3-5-12(11)20/h2-7H,1H3,(H,23,24). The summed E-state index contributed by atoms with van der Waals surface area (Å²) in [6.07, 6.45) is 0. The molecule has 0 aliphatic heterocycles. The van der Waals surface area contributed by atoms with E-state index in [1.807, 2.05) is 0 Å². The number of pyridine rings is 1. The van der Waals surface area contributed by atoms with Crippen molar-refractivity contribution in [2.75, 3.05) is 0 Å². The van der Waals surface area contributed by atoms with Crippen LogP contribution in [-0.2, 0) is 7.05 Å². The number of hydrogen-bond acceptors (Lipinski definition) is 2. The fraction of sp³-hybridized carbons (Fsp3) is 0.0588. The molecule has 24 heavy (non-hydrogen) atoms. The average molecular weight is 350 g/mol. The summed E-state index contributed by atoms with van der Waals surface area (Å²) in [5.74, 6) is -3.11. The molecular formula is C17H10ClF2NO3. The number of carboxylic acid groups (broad SMARTS) is 1. The normalized spacial score (nSPS) is 11.0. The summed E-state index contributed by atoms with van der Waals surface area (Å²) in [7, 11) is 1.46. The highest BCUT2D eigenvalue weighted by Gasteiger charge is 2.24. The molecule has 0 amide bonds. The fourth-order valence-electron chi connectivity index (χ4n) is 2.70. The van der Waals surface area contributed by atoms with E-state index in [1.54, 1.807) is 0 Å². The zero-order valence-corrected chi connectivity index (χ0v) is 13.1. The molecule has 0 saturated carbocycles. The van der Waals surface area contributed by atoms with Crippen LogP contribution in [0.25, 0.3) is 22.2 Å². The number of aromatic carboxylic acids is 1. The van der Waals surface area contributed by atoms with Gasteiger partial charge in [-0.25, -0.2) is 13.6 Å². The zero-order valence-electron chi connectivity index (χ0n) is 12.3. The van der Waals surface area contributed by atoms with E-state index in [-0.39, 0.29) is 16.6 Å². The highest BCUT2D eigenvalue weighted by molar-refractivity contribution is 6.31. The minimum atomic E-state index is -1.52. The Hall–Kier alpha value is -2.73. The van der Waals surface area contributed by atoms with Crippen molar-refractivity contribution in [1.82, 2.24) is 4.57 Å². The van der Waals surface area contributed by atoms with Crippen molar-refractivity contribution >= 4 is 28.5 Å². The predicted molar refractivity (Wildman–Crippen MR) is 86.5 cm³/mol. The fourth-order valence-corrected chi connectivity index (χ4v) is 2.86. The van der Waals surface area contributed by atoms with Gasteiger partial charge in [0.2, 0.25) is 5.43 Å². The second-order valence-corrected chi connectivity index (χ2v) is 5.64. The van der Waals surface area contributed by atoms with Gasteiger partial charge in [-0.15, -0.1) is 0 Å². The second-order valence-electron chi connectivity index (χ2n) is 5.20. The minimum Gasteiger partial charge on any atom is -0.477 e. The van der Waals surface area contributed by atoms with Gasteiger partial charge in [0.25, 0.3) is 0 Å². The van der Waals surface area contributed by atoms with Crippen LogP contribution in [0.2, 0.25) is 5.02 Å². The Balaban J connectivity index is 2.57. The summed E-state index contributed by atoms with van der Waals surface area (Å²) in [6, 6.07) is 6.97. The SMILES string of the molecule is Cn1c(-c2cc(F)ccc2F)c(C(=O)O)c(=O)c2ccc(Cl)cc21. The van der Waals surface area contributed by atoms with Crippen molar-refractivity contribution in [3.8, 4) is 11.3 Å². The van der Waals surface area contributed by atoms with E-state index in [4.69, 9.17) is 11.6 Å². The van der Waals surface area contributed by atoms with Crippen LogP contribution in [0.1, 0.15) is 10.4 Å². The van der Waals surface area contributed by atoms with Gasteiger partial charge in [-0.1, -0.05) is 11.6 Å². The maximum Gasteiger partial charge on any atom is 0.341 e. The van der Waals surface area contributed by atoms with Crippen LogP contribution in [0.5, 0.6) is 0 Å². The Morgan fingerprint density at radius 1 is 1.17 bits per heavy atom. The third-order valence-electron chi connectivity index (χ3n) is 3.76. The highest BCUT2D eigenvalue weighted by Crippen LogP contribution is 2.29. The molecule has 0 aliphatic carbocycles. The van der Waals surface area contributed by atoms with Gasteiger partial charge >= 0.3 is 5.97 Å². The summed E-state index contributed by atoms with van der Waals surface area (Å²) in [5, 5.41) is 9.90. The Morgan fingerprint density at radius 2 is 1.88 bits per heavy atom. The molecule has 3 aromatic rings. The first kappa shape index (κ1) is 16.1. The summed E-state index contributed by atoms with van der Waals surface area (Å²) in [6.45, 7) is 0. The monoisotopic (exact) mass is 349 g/mol. The largest absolute Gasteiger partial charge is 0.477 e. The molecule has 0 unspecified atom stereocenters. The number of hydrogen-bond donors (Lipinski definition) is 1. The van der Waals surface area contributed by atoms with Gasteiger partial charge in [0.15, 0.2) is 0 Å². The van der Waals surface area contributed by atoms with Gasteiger partial charge < -0.3 is 9.67 Å². The Morgan fingerprint density at radius 3 is 2.54 bits per heavy atom. The lowest BCUT2D eigenvalue weighted by atomic mass is 10.0. The van der Waals surface area contributed by atoms with E-state index in [2.05, 4.69) is 0 Å². The molecule has 122 valence electrons. The zero-order chi connectivity index (χ0) is 17.6. The van der Waals surface area contributed by atoms with E-state index in [0.29, 0.717) is 10.5 Å². The van der Waals surface area contributed by atoms with Gasteiger partial charge in [0.05, 0.1) is 11.2 Å². The van der Waals surface area contributed by atoms with E-state index in [1.165, 1.54) is 29.8 Å². The Kier molecular flexibility index (Phi) is 3.85. The molecule has 0 saturated heterocycles. The third-order valence-corrected chi connectivity index (χ3v) is 4.00. The van der Waals surface area contributed by atoms with E-state index < -0.39 is 28.6 Å². The summed E-state index contributed by atoms with van der Waals surface area (Å²) in [4.78, 5) is 24.2. The van der Waals surface area contributed by atoms with Crippen LogP contribution in [0.3, 0.4) is 0 Å². The molecule has 0 aliphatic rings. The van der Waals surface area contributed by atoms with Crippen molar-refractivity contribution in [2.45, 2.75) is 0 Å². The summed E-state index contributed by atoms with van der Waals surface area (Å²) < 4.78 is 29.1. The average Bonchev–Trinajstić information content (AvgIpc) is 2.52. The number of halogens is 3. The van der Waals surface area contributed by atoms with Crippen LogP contribution >= 0.6 is 11.6 Å². The third kappa shape index (κ3) is 2.45. The topological polar surface area (TPSA) is 59.3 Å². The lowest BCUT2D eigenvalue weighted by molar-refractivity contribution is 0.0696. The van der Waals surface area contributed by atoms with E-state index in [0.717, 1.165) is 18.2 Å². The van der Waals surface area contributed by atoms with Crippen LogP contribution in [-0.4, -0.2) is 15.6 Å². The van der Waals surface area contributed by atoms with Crippen LogP contribution in [0, 0.1) is 11.6 Å². The number of rotatable bonds is 2. The molecule has 0 fully saturated rings. The second kappa shape index (κ2) is 5.72. The number of fused-ring (bicyclic) bond motifs is 1. The molecule has 7 heteroatoms. The van der Waals surface area contributed by atoms with Crippen molar-refractivity contribution < 1.29 is 18.7 Å². The quantitative estimate of drug-likeness (QED) is 0.764. The predicted octanol–water partition coefficient (Wildman–Crippen LogP) is 3.84. The summed E-state index contributed by atoms with van der Waals surface area (Å²) in [5.41, 5.74) is -1.63. The number of benzene rings is 2. The van der Waals surface area contributed by atoms with Crippen LogP contribution in [0.4, 0.5) is 8.78 Å². The first-order chi connectivity index (χ1) is 11.3. The van der Waals surface area contributed by atoms with Gasteiger partial charge in [-0.3, -0.25) is 4.79 Å². The molecule has 1 N–H and O–H groups in total. The molecule has 1 aromatic heterocycles. The number of aryl methyl sites for hydroxylation is 1. The van der Waals surface area contributed by atoms with Crippen molar-refractivity contribution in [3.63, 3.8) is 0 Å². The van der Waals surface area contributed by atoms with Crippen molar-refractivity contribution in [2.24, 2.45) is 7.05 Å². The first-order valence-corrected chi connectivity index (χ1v) is 7.20. The molecule has 1 heterocycles. The minimum absolute atomic E-state index is 0.125. The molecule has 4 nitrogen and oxygen atoms in total. The molecule has 0 bridgehead atoms. The van der Waals surface area contributed by atoms with E-state index >= 15 is 0 Å². The summed E-state index contributed by atoms with van der Waals surface area (Å²) >= 11 is 5.93. The number of nitrogens with zero attached hydrogens (tertiary/aromatic N) is 1. The van der Waals surface area contributed by atoms with E-state index in [9.17, 15) is 23.5 Å². The molecule has 2 aromatic carbocycles. The Bertz CT molecular complexity index is 1060. The number of carboxylic acids is 1. The maximum atomic E-state index is 14.2. The lowest BCUT2D eigenvalue weighted by Crippen LogP contribution is -2.21. The lowest BCUT2D eigenvalue weighted by Gasteiger charge is -2.16. The maximum absolute atomic E-state index is 14.2. The first-order valence-electron chi connectivity index (χ1n) is 6.82. The molecule has 0 atom stereocenters. The Labute approximate surface area is 139 Å². The van der Waals surface area contributed by atoms with Gasteiger partial charge in [0, 0.05) is 23.0 Å². The number of carbonyl (C=O) groups is 1. The highest BCUT2D eigenvalue weighted by atomic mass is 35.5. The van der Waals surface area contributed by atoms with Crippen molar-refractivity contribution in [3.05, 3.63) is 68.8 Å². The molecule has 3 rings (SSSR count). The molecule has 0 radical (unpaired) electrons. The smallest absolute Gasteiger partial charge is 0.341 e. The molecular weight excluding hydrogens is 340 g/mol.